The van der Waals surface area contributed by atoms with Crippen LogP contribution in [0.2, 0.25) is 0 Å². The normalized spacial score (nSPS) is 10.9. The summed E-state index contributed by atoms with van der Waals surface area (Å²) in [5.41, 5.74) is 3.06. The van der Waals surface area contributed by atoms with Gasteiger partial charge in [-0.15, -0.1) is 0 Å². The van der Waals surface area contributed by atoms with Crippen LogP contribution in [0.25, 0.3) is 32.9 Å². The van der Waals surface area contributed by atoms with Gasteiger partial charge in [-0.1, -0.05) is 50.2 Å². The van der Waals surface area contributed by atoms with Gasteiger partial charge in [-0.25, -0.2) is 9.59 Å². The molecule has 0 spiro atoms. The van der Waals surface area contributed by atoms with E-state index in [0.717, 1.165) is 0 Å². The van der Waals surface area contributed by atoms with Gasteiger partial charge in [0, 0.05) is 34.3 Å². The topological polar surface area (TPSA) is 78.4 Å². The van der Waals surface area contributed by atoms with Crippen LogP contribution in [-0.2, 0) is 9.47 Å². The summed E-state index contributed by atoms with van der Waals surface area (Å²) in [6, 6.07) is 14.8. The minimum Gasteiger partial charge on any atom is -0.462 e. The van der Waals surface area contributed by atoms with Crippen molar-refractivity contribution in [3.05, 3.63) is 72.1 Å². The highest BCUT2D eigenvalue weighted by Crippen LogP contribution is 2.34. The summed E-state index contributed by atoms with van der Waals surface area (Å²) in [5.74, 6) is -0.914. The number of para-hydroxylation sites is 2. The zero-order valence-corrected chi connectivity index (χ0v) is 18.1. The second-order valence-electron chi connectivity index (χ2n) is 7.40. The number of nitrogens with zero attached hydrogens (tertiary/aromatic N) is 2. The summed E-state index contributed by atoms with van der Waals surface area (Å²) in [6.07, 6.45) is 4.62. The van der Waals surface area contributed by atoms with Crippen molar-refractivity contribution >= 4 is 33.7 Å². The van der Waals surface area contributed by atoms with E-state index in [1.807, 2.05) is 62.4 Å². The molecule has 162 valence electrons. The smallest absolute Gasteiger partial charge is 0.339 e. The van der Waals surface area contributed by atoms with Crippen LogP contribution in [-0.4, -0.2) is 35.1 Å². The number of carbonyl (C=O) groups excluding carboxylic acids is 2. The van der Waals surface area contributed by atoms with Crippen LogP contribution < -0.4 is 0 Å². The van der Waals surface area contributed by atoms with E-state index in [0.29, 0.717) is 70.1 Å². The van der Waals surface area contributed by atoms with Crippen LogP contribution in [0.5, 0.6) is 0 Å². The number of hydrogen-bond acceptors (Lipinski definition) is 6. The van der Waals surface area contributed by atoms with Gasteiger partial charge in [-0.3, -0.25) is 9.97 Å². The molecule has 0 aliphatic heterocycles. The molecule has 0 radical (unpaired) electrons. The number of hydrogen-bond donors (Lipinski definition) is 0. The molecule has 4 rings (SSSR count). The number of rotatable bonds is 7. The van der Waals surface area contributed by atoms with E-state index in [4.69, 9.17) is 9.47 Å². The van der Waals surface area contributed by atoms with Gasteiger partial charge in [0.1, 0.15) is 0 Å². The molecule has 0 N–H and O–H groups in total. The van der Waals surface area contributed by atoms with Gasteiger partial charge in [-0.2, -0.15) is 0 Å². The van der Waals surface area contributed by atoms with Gasteiger partial charge in [0.25, 0.3) is 0 Å². The highest BCUT2D eigenvalue weighted by atomic mass is 16.5. The van der Waals surface area contributed by atoms with Gasteiger partial charge in [0.15, 0.2) is 0 Å². The Labute approximate surface area is 186 Å². The van der Waals surface area contributed by atoms with Crippen molar-refractivity contribution in [2.24, 2.45) is 0 Å². The average Bonchev–Trinajstić information content (AvgIpc) is 2.84. The standard InChI is InChI=1S/C26H24N2O4/c1-3-13-31-25(29)23-17-9-5-7-11-21(17)27-15-19(23)20-16-28-22-12-8-6-10-18(22)24(20)26(30)32-14-4-2/h5-12,15-16H,3-4,13-14H2,1-2H3. The van der Waals surface area contributed by atoms with Gasteiger partial charge in [0.05, 0.1) is 35.4 Å². The molecule has 0 unspecified atom stereocenters. The fourth-order valence-corrected chi connectivity index (χ4v) is 3.66. The van der Waals surface area contributed by atoms with Crippen LogP contribution in [0.4, 0.5) is 0 Å². The first-order chi connectivity index (χ1) is 15.7. The molecule has 2 aromatic carbocycles. The molecule has 0 aliphatic rings. The van der Waals surface area contributed by atoms with E-state index in [1.165, 1.54) is 0 Å². The summed E-state index contributed by atoms with van der Waals surface area (Å²) < 4.78 is 11.0. The molecule has 6 heteroatoms. The molecule has 32 heavy (non-hydrogen) atoms. The van der Waals surface area contributed by atoms with E-state index in [9.17, 15) is 9.59 Å². The quantitative estimate of drug-likeness (QED) is 0.357. The first kappa shape index (κ1) is 21.4. The van der Waals surface area contributed by atoms with Crippen LogP contribution in [0.1, 0.15) is 47.4 Å². The van der Waals surface area contributed by atoms with Gasteiger partial charge in [0.2, 0.25) is 0 Å². The van der Waals surface area contributed by atoms with Gasteiger partial charge < -0.3 is 9.47 Å². The highest BCUT2D eigenvalue weighted by molar-refractivity contribution is 6.14. The monoisotopic (exact) mass is 428 g/mol. The molecule has 0 atom stereocenters. The zero-order valence-electron chi connectivity index (χ0n) is 18.1. The van der Waals surface area contributed by atoms with Crippen molar-refractivity contribution in [1.29, 1.82) is 0 Å². The SMILES string of the molecule is CCCOC(=O)c1c(-c2cnc3ccccc3c2C(=O)OCCC)cnc2ccccc12. The van der Waals surface area contributed by atoms with Crippen LogP contribution >= 0.6 is 0 Å². The third-order valence-corrected chi connectivity index (χ3v) is 5.12. The molecule has 0 aliphatic carbocycles. The molecule has 0 fully saturated rings. The van der Waals surface area contributed by atoms with Crippen molar-refractivity contribution < 1.29 is 19.1 Å². The molecule has 4 aromatic rings. The van der Waals surface area contributed by atoms with Crippen molar-refractivity contribution in [2.45, 2.75) is 26.7 Å². The van der Waals surface area contributed by atoms with E-state index in [-0.39, 0.29) is 0 Å². The minimum atomic E-state index is -0.457. The van der Waals surface area contributed by atoms with Crippen LogP contribution in [0, 0.1) is 0 Å². The van der Waals surface area contributed by atoms with Crippen molar-refractivity contribution in [3.63, 3.8) is 0 Å². The Morgan fingerprint density at radius 1 is 0.688 bits per heavy atom. The number of carbonyl (C=O) groups is 2. The second-order valence-corrected chi connectivity index (χ2v) is 7.40. The zero-order chi connectivity index (χ0) is 22.5. The van der Waals surface area contributed by atoms with Crippen molar-refractivity contribution in [2.75, 3.05) is 13.2 Å². The summed E-state index contributed by atoms with van der Waals surface area (Å²) in [4.78, 5) is 35.4. The van der Waals surface area contributed by atoms with E-state index in [1.54, 1.807) is 12.4 Å². The Morgan fingerprint density at radius 3 is 1.50 bits per heavy atom. The maximum Gasteiger partial charge on any atom is 0.339 e. The number of aromatic nitrogens is 2. The Hall–Kier alpha value is -3.80. The molecule has 2 aromatic heterocycles. The van der Waals surface area contributed by atoms with E-state index >= 15 is 0 Å². The maximum absolute atomic E-state index is 13.1. The lowest BCUT2D eigenvalue weighted by molar-refractivity contribution is 0.0496. The predicted octanol–water partition coefficient (Wildman–Crippen LogP) is 5.58. The van der Waals surface area contributed by atoms with Crippen molar-refractivity contribution in [1.82, 2.24) is 9.97 Å². The number of fused-ring (bicyclic) bond motifs is 2. The number of ether oxygens (including phenoxy) is 2. The lowest BCUT2D eigenvalue weighted by Gasteiger charge is -2.16. The molecule has 0 saturated carbocycles. The Kier molecular flexibility index (Phi) is 6.40. The maximum atomic E-state index is 13.1. The number of esters is 2. The van der Waals surface area contributed by atoms with Crippen LogP contribution in [0.15, 0.2) is 60.9 Å². The van der Waals surface area contributed by atoms with Crippen molar-refractivity contribution in [3.8, 4) is 11.1 Å². The lowest BCUT2D eigenvalue weighted by atomic mass is 9.93. The summed E-state index contributed by atoms with van der Waals surface area (Å²) in [5, 5.41) is 1.32. The summed E-state index contributed by atoms with van der Waals surface area (Å²) in [7, 11) is 0. The number of pyridine rings is 2. The van der Waals surface area contributed by atoms with Crippen LogP contribution in [0.3, 0.4) is 0 Å². The minimum absolute atomic E-state index is 0.302. The summed E-state index contributed by atoms with van der Waals surface area (Å²) in [6.45, 7) is 4.48. The highest BCUT2D eigenvalue weighted by Gasteiger charge is 2.25. The average molecular weight is 428 g/mol. The Morgan fingerprint density at radius 2 is 1.09 bits per heavy atom. The van der Waals surface area contributed by atoms with E-state index < -0.39 is 11.9 Å². The molecule has 0 bridgehead atoms. The first-order valence-electron chi connectivity index (χ1n) is 10.8. The molecule has 0 saturated heterocycles. The Bertz CT molecular complexity index is 1200. The number of benzene rings is 2. The molecule has 2 heterocycles. The fraction of sp³-hybridized carbons (Fsp3) is 0.231. The third-order valence-electron chi connectivity index (χ3n) is 5.12. The lowest BCUT2D eigenvalue weighted by Crippen LogP contribution is -2.12. The second kappa shape index (κ2) is 9.56. The van der Waals surface area contributed by atoms with Gasteiger partial charge in [-0.05, 0) is 25.0 Å². The fourth-order valence-electron chi connectivity index (χ4n) is 3.66. The Balaban J connectivity index is 2.01. The third kappa shape index (κ3) is 4.04. The predicted molar refractivity (Wildman–Crippen MR) is 124 cm³/mol. The summed E-state index contributed by atoms with van der Waals surface area (Å²) >= 11 is 0. The molecule has 0 amide bonds. The first-order valence-corrected chi connectivity index (χ1v) is 10.8. The van der Waals surface area contributed by atoms with E-state index in [2.05, 4.69) is 9.97 Å². The molecule has 6 nitrogen and oxygen atoms in total. The largest absolute Gasteiger partial charge is 0.462 e. The molecular formula is C26H24N2O4. The molecular weight excluding hydrogens is 404 g/mol. The van der Waals surface area contributed by atoms with Gasteiger partial charge >= 0.3 is 11.9 Å².